The van der Waals surface area contributed by atoms with E-state index in [-0.39, 0.29) is 5.91 Å². The first-order valence-corrected chi connectivity index (χ1v) is 7.52. The smallest absolute Gasteiger partial charge is 0.255 e. The molecule has 1 N–H and O–H groups in total. The second-order valence-corrected chi connectivity index (χ2v) is 5.54. The number of methoxy groups -OCH3 is 1. The highest BCUT2D eigenvalue weighted by atomic mass is 35.5. The maximum atomic E-state index is 12.2. The second kappa shape index (κ2) is 7.31. The molecule has 1 aromatic heterocycles. The molecule has 0 saturated heterocycles. The van der Waals surface area contributed by atoms with Crippen LogP contribution in [0.25, 0.3) is 0 Å². The summed E-state index contributed by atoms with van der Waals surface area (Å²) in [6, 6.07) is 7.03. The summed E-state index contributed by atoms with van der Waals surface area (Å²) in [5, 5.41) is 7.78. The Kier molecular flexibility index (Phi) is 5.44. The normalized spacial score (nSPS) is 10.5. The minimum Gasteiger partial charge on any atom is -0.496 e. The third kappa shape index (κ3) is 4.01. The molecule has 0 radical (unpaired) electrons. The van der Waals surface area contributed by atoms with E-state index < -0.39 is 0 Å². The molecule has 22 heavy (non-hydrogen) atoms. The number of ether oxygens (including phenoxy) is 1. The maximum absolute atomic E-state index is 12.2. The number of nitrogens with one attached hydrogen (secondary N) is 1. The second-order valence-electron chi connectivity index (χ2n) is 5.10. The molecule has 5 nitrogen and oxygen atoms in total. The summed E-state index contributed by atoms with van der Waals surface area (Å²) in [6.45, 7) is 5.32. The Bertz CT molecular complexity index is 667. The molecular weight excluding hydrogens is 302 g/mol. The number of amides is 1. The molecule has 0 bridgehead atoms. The van der Waals surface area contributed by atoms with E-state index in [1.165, 1.54) is 7.11 Å². The van der Waals surface area contributed by atoms with Crippen molar-refractivity contribution in [1.29, 1.82) is 0 Å². The van der Waals surface area contributed by atoms with Crippen LogP contribution in [0.2, 0.25) is 5.02 Å². The van der Waals surface area contributed by atoms with Gasteiger partial charge in [0.2, 0.25) is 0 Å². The fourth-order valence-corrected chi connectivity index (χ4v) is 2.46. The minimum absolute atomic E-state index is 0.187. The lowest BCUT2D eigenvalue weighted by atomic mass is 10.2. The lowest BCUT2D eigenvalue weighted by Crippen LogP contribution is -2.26. The van der Waals surface area contributed by atoms with Gasteiger partial charge in [0.25, 0.3) is 5.91 Å². The fourth-order valence-electron chi connectivity index (χ4n) is 2.28. The highest BCUT2D eigenvalue weighted by Crippen LogP contribution is 2.22. The summed E-state index contributed by atoms with van der Waals surface area (Å²) in [7, 11) is 1.53. The monoisotopic (exact) mass is 321 g/mol. The predicted octanol–water partition coefficient (Wildman–Crippen LogP) is 2.98. The molecular formula is C16H20ClN3O2. The number of benzene rings is 1. The van der Waals surface area contributed by atoms with Gasteiger partial charge in [0.05, 0.1) is 18.4 Å². The SMILES string of the molecule is COc1ccc(Cl)cc1C(=O)NCCCn1nc(C)cc1C. The molecule has 0 spiro atoms. The molecule has 0 aliphatic heterocycles. The molecule has 6 heteroatoms. The Labute approximate surface area is 135 Å². The van der Waals surface area contributed by atoms with Crippen molar-refractivity contribution in [3.05, 3.63) is 46.2 Å². The molecule has 1 aromatic carbocycles. The molecule has 0 unspecified atom stereocenters. The molecule has 0 saturated carbocycles. The van der Waals surface area contributed by atoms with Crippen LogP contribution in [0.3, 0.4) is 0 Å². The van der Waals surface area contributed by atoms with E-state index in [2.05, 4.69) is 10.4 Å². The summed E-state index contributed by atoms with van der Waals surface area (Å²) in [5.74, 6) is 0.327. The van der Waals surface area contributed by atoms with Crippen LogP contribution < -0.4 is 10.1 Å². The molecule has 1 amide bonds. The van der Waals surface area contributed by atoms with E-state index in [1.807, 2.05) is 24.6 Å². The van der Waals surface area contributed by atoms with Crippen molar-refractivity contribution in [3.63, 3.8) is 0 Å². The first-order valence-electron chi connectivity index (χ1n) is 7.14. The standard InChI is InChI=1S/C16H20ClN3O2/c1-11-9-12(2)20(19-11)8-4-7-18-16(21)14-10-13(17)5-6-15(14)22-3/h5-6,9-10H,4,7-8H2,1-3H3,(H,18,21). The van der Waals surface area contributed by atoms with Gasteiger partial charge in [-0.1, -0.05) is 11.6 Å². The lowest BCUT2D eigenvalue weighted by molar-refractivity contribution is 0.0949. The van der Waals surface area contributed by atoms with Crippen LogP contribution in [0.15, 0.2) is 24.3 Å². The van der Waals surface area contributed by atoms with E-state index in [4.69, 9.17) is 16.3 Å². The zero-order valence-corrected chi connectivity index (χ0v) is 13.8. The molecule has 2 rings (SSSR count). The van der Waals surface area contributed by atoms with E-state index in [9.17, 15) is 4.79 Å². The molecule has 0 aliphatic carbocycles. The van der Waals surface area contributed by atoms with Crippen molar-refractivity contribution >= 4 is 17.5 Å². The van der Waals surface area contributed by atoms with Gasteiger partial charge in [0, 0.05) is 23.8 Å². The summed E-state index contributed by atoms with van der Waals surface area (Å²) < 4.78 is 7.13. The first kappa shape index (κ1) is 16.4. The largest absolute Gasteiger partial charge is 0.496 e. The summed E-state index contributed by atoms with van der Waals surface area (Å²) in [4.78, 5) is 12.2. The molecule has 2 aromatic rings. The number of aromatic nitrogens is 2. The number of hydrogen-bond donors (Lipinski definition) is 1. The van der Waals surface area contributed by atoms with Crippen LogP contribution in [0.4, 0.5) is 0 Å². The van der Waals surface area contributed by atoms with Crippen LogP contribution in [0.5, 0.6) is 5.75 Å². The van der Waals surface area contributed by atoms with Gasteiger partial charge < -0.3 is 10.1 Å². The molecule has 0 aliphatic rings. The van der Waals surface area contributed by atoms with Gasteiger partial charge in [-0.15, -0.1) is 0 Å². The zero-order chi connectivity index (χ0) is 16.1. The Morgan fingerprint density at radius 3 is 2.77 bits per heavy atom. The van der Waals surface area contributed by atoms with E-state index >= 15 is 0 Å². The number of rotatable bonds is 6. The Balaban J connectivity index is 1.88. The highest BCUT2D eigenvalue weighted by molar-refractivity contribution is 6.31. The number of carbonyl (C=O) groups excluding carboxylic acids is 1. The predicted molar refractivity (Wildman–Crippen MR) is 86.7 cm³/mol. The number of nitrogens with zero attached hydrogens (tertiary/aromatic N) is 2. The zero-order valence-electron chi connectivity index (χ0n) is 13.0. The van der Waals surface area contributed by atoms with Crippen LogP contribution in [-0.4, -0.2) is 29.3 Å². The van der Waals surface area contributed by atoms with Gasteiger partial charge in [-0.05, 0) is 44.5 Å². The van der Waals surface area contributed by atoms with Crippen molar-refractivity contribution < 1.29 is 9.53 Å². The van der Waals surface area contributed by atoms with Crippen molar-refractivity contribution in [3.8, 4) is 5.75 Å². The Morgan fingerprint density at radius 1 is 1.36 bits per heavy atom. The number of aryl methyl sites for hydroxylation is 3. The van der Waals surface area contributed by atoms with Crippen LogP contribution in [0.1, 0.15) is 28.2 Å². The molecule has 1 heterocycles. The third-order valence-electron chi connectivity index (χ3n) is 3.34. The number of carbonyl (C=O) groups is 1. The van der Waals surface area contributed by atoms with Gasteiger partial charge in [0.1, 0.15) is 5.75 Å². The van der Waals surface area contributed by atoms with Gasteiger partial charge in [0.15, 0.2) is 0 Å². The van der Waals surface area contributed by atoms with Crippen molar-refractivity contribution in [2.24, 2.45) is 0 Å². The quantitative estimate of drug-likeness (QED) is 0.832. The Hall–Kier alpha value is -2.01. The average Bonchev–Trinajstić information content (AvgIpc) is 2.81. The van der Waals surface area contributed by atoms with E-state index in [0.29, 0.717) is 22.9 Å². The topological polar surface area (TPSA) is 56.1 Å². The number of hydrogen-bond acceptors (Lipinski definition) is 3. The first-order chi connectivity index (χ1) is 10.5. The van der Waals surface area contributed by atoms with Gasteiger partial charge in [-0.25, -0.2) is 0 Å². The van der Waals surface area contributed by atoms with E-state index in [1.54, 1.807) is 18.2 Å². The maximum Gasteiger partial charge on any atom is 0.255 e. The molecule has 0 atom stereocenters. The van der Waals surface area contributed by atoms with Gasteiger partial charge >= 0.3 is 0 Å². The van der Waals surface area contributed by atoms with Crippen molar-refractivity contribution in [1.82, 2.24) is 15.1 Å². The highest BCUT2D eigenvalue weighted by Gasteiger charge is 2.12. The van der Waals surface area contributed by atoms with Gasteiger partial charge in [-0.3, -0.25) is 9.48 Å². The van der Waals surface area contributed by atoms with Gasteiger partial charge in [-0.2, -0.15) is 5.10 Å². The van der Waals surface area contributed by atoms with Crippen molar-refractivity contribution in [2.75, 3.05) is 13.7 Å². The van der Waals surface area contributed by atoms with Crippen LogP contribution >= 0.6 is 11.6 Å². The third-order valence-corrected chi connectivity index (χ3v) is 3.58. The molecule has 0 fully saturated rings. The van der Waals surface area contributed by atoms with Crippen LogP contribution in [0, 0.1) is 13.8 Å². The fraction of sp³-hybridized carbons (Fsp3) is 0.375. The summed E-state index contributed by atoms with van der Waals surface area (Å²) in [6.07, 6.45) is 0.802. The van der Waals surface area contributed by atoms with Crippen molar-refractivity contribution in [2.45, 2.75) is 26.8 Å². The number of halogens is 1. The average molecular weight is 322 g/mol. The molecule has 118 valence electrons. The summed E-state index contributed by atoms with van der Waals surface area (Å²) >= 11 is 5.93. The van der Waals surface area contributed by atoms with E-state index in [0.717, 1.165) is 24.4 Å². The minimum atomic E-state index is -0.187. The summed E-state index contributed by atoms with van der Waals surface area (Å²) in [5.41, 5.74) is 2.58. The Morgan fingerprint density at radius 2 is 2.14 bits per heavy atom. The van der Waals surface area contributed by atoms with Crippen LogP contribution in [-0.2, 0) is 6.54 Å². The lowest BCUT2D eigenvalue weighted by Gasteiger charge is -2.10.